The van der Waals surface area contributed by atoms with Gasteiger partial charge >= 0.3 is 12.1 Å². The molecular formula is C14H10BrF5. The molecule has 6 heteroatoms. The van der Waals surface area contributed by atoms with Crippen molar-refractivity contribution in [1.29, 1.82) is 0 Å². The van der Waals surface area contributed by atoms with E-state index in [-0.39, 0.29) is 5.56 Å². The van der Waals surface area contributed by atoms with E-state index < -0.39 is 16.9 Å². The summed E-state index contributed by atoms with van der Waals surface area (Å²) in [5.41, 5.74) is 0.743. The number of aryl methyl sites for hydroxylation is 1. The summed E-state index contributed by atoms with van der Waals surface area (Å²) in [7, 11) is 0. The van der Waals surface area contributed by atoms with Gasteiger partial charge in [0, 0.05) is 0 Å². The Bertz CT molecular complexity index is 633. The number of benzene rings is 2. The SMILES string of the molecule is Cc1ccc(C(Br)C(F)(F)C(F)(F)F)c2ccccc12. The molecule has 0 aliphatic heterocycles. The molecule has 0 saturated heterocycles. The first-order valence-corrected chi connectivity index (χ1v) is 6.64. The molecule has 108 valence electrons. The zero-order chi connectivity index (χ0) is 15.1. The molecule has 0 nitrogen and oxygen atoms in total. The zero-order valence-corrected chi connectivity index (χ0v) is 11.9. The van der Waals surface area contributed by atoms with Gasteiger partial charge in [-0.2, -0.15) is 22.0 Å². The second-order valence-corrected chi connectivity index (χ2v) is 5.42. The zero-order valence-electron chi connectivity index (χ0n) is 10.3. The highest BCUT2D eigenvalue weighted by atomic mass is 79.9. The molecule has 0 fully saturated rings. The highest BCUT2D eigenvalue weighted by molar-refractivity contribution is 9.09. The summed E-state index contributed by atoms with van der Waals surface area (Å²) in [4.78, 5) is -2.12. The quantitative estimate of drug-likeness (QED) is 0.474. The van der Waals surface area contributed by atoms with Crippen molar-refractivity contribution in [3.8, 4) is 0 Å². The Morgan fingerprint density at radius 2 is 1.45 bits per heavy atom. The molecule has 0 heterocycles. The second-order valence-electron chi connectivity index (χ2n) is 4.50. The monoisotopic (exact) mass is 352 g/mol. The minimum Gasteiger partial charge on any atom is -0.195 e. The molecule has 0 saturated carbocycles. The van der Waals surface area contributed by atoms with Crippen molar-refractivity contribution in [3.05, 3.63) is 47.5 Å². The van der Waals surface area contributed by atoms with Crippen LogP contribution in [0.1, 0.15) is 16.0 Å². The molecule has 2 aromatic rings. The Kier molecular flexibility index (Phi) is 3.79. The van der Waals surface area contributed by atoms with E-state index in [1.807, 2.05) is 0 Å². The number of halogens is 6. The summed E-state index contributed by atoms with van der Waals surface area (Å²) in [5, 5.41) is 1.05. The fraction of sp³-hybridized carbons (Fsp3) is 0.286. The largest absolute Gasteiger partial charge is 0.454 e. The van der Waals surface area contributed by atoms with Crippen LogP contribution >= 0.6 is 15.9 Å². The van der Waals surface area contributed by atoms with E-state index in [2.05, 4.69) is 15.9 Å². The lowest BCUT2D eigenvalue weighted by Gasteiger charge is -2.26. The first-order chi connectivity index (χ1) is 9.16. The average Bonchev–Trinajstić information content (AvgIpc) is 2.37. The van der Waals surface area contributed by atoms with Gasteiger partial charge in [0.2, 0.25) is 0 Å². The Hall–Kier alpha value is -1.17. The molecule has 0 radical (unpaired) electrons. The van der Waals surface area contributed by atoms with Gasteiger partial charge in [-0.1, -0.05) is 52.3 Å². The van der Waals surface area contributed by atoms with Crippen molar-refractivity contribution in [1.82, 2.24) is 0 Å². The summed E-state index contributed by atoms with van der Waals surface area (Å²) < 4.78 is 64.3. The predicted octanol–water partition coefficient (Wildman–Crippen LogP) is 5.78. The van der Waals surface area contributed by atoms with E-state index in [4.69, 9.17) is 0 Å². The lowest BCUT2D eigenvalue weighted by molar-refractivity contribution is -0.281. The first-order valence-electron chi connectivity index (χ1n) is 5.73. The van der Waals surface area contributed by atoms with E-state index in [9.17, 15) is 22.0 Å². The molecule has 1 unspecified atom stereocenters. The summed E-state index contributed by atoms with van der Waals surface area (Å²) in [6.45, 7) is 1.78. The molecule has 0 aliphatic carbocycles. The van der Waals surface area contributed by atoms with E-state index in [1.54, 1.807) is 37.3 Å². The summed E-state index contributed by atoms with van der Waals surface area (Å²) in [6.07, 6.45) is -5.60. The standard InChI is InChI=1S/C14H10BrF5/c1-8-6-7-11(10-5-3-2-4-9(8)10)12(15)13(16,17)14(18,19)20/h2-7,12H,1H3. The van der Waals surface area contributed by atoms with Crippen LogP contribution in [0.15, 0.2) is 36.4 Å². The average molecular weight is 353 g/mol. The highest BCUT2D eigenvalue weighted by Crippen LogP contribution is 2.50. The fourth-order valence-electron chi connectivity index (χ4n) is 2.03. The van der Waals surface area contributed by atoms with Gasteiger partial charge in [-0.15, -0.1) is 0 Å². The van der Waals surface area contributed by atoms with Gasteiger partial charge in [0.1, 0.15) is 4.83 Å². The number of fused-ring (bicyclic) bond motifs is 1. The lowest BCUT2D eigenvalue weighted by Crippen LogP contribution is -2.40. The maximum Gasteiger partial charge on any atom is 0.454 e. The molecule has 0 N–H and O–H groups in total. The van der Waals surface area contributed by atoms with Gasteiger partial charge in [-0.3, -0.25) is 0 Å². The third kappa shape index (κ3) is 2.41. The summed E-state index contributed by atoms with van der Waals surface area (Å²) in [5.74, 6) is -4.84. The van der Waals surface area contributed by atoms with Crippen LogP contribution in [0.25, 0.3) is 10.8 Å². The molecule has 20 heavy (non-hydrogen) atoms. The highest BCUT2D eigenvalue weighted by Gasteiger charge is 2.62. The van der Waals surface area contributed by atoms with Gasteiger partial charge in [0.05, 0.1) is 0 Å². The van der Waals surface area contributed by atoms with Crippen LogP contribution in [-0.4, -0.2) is 12.1 Å². The lowest BCUT2D eigenvalue weighted by atomic mass is 9.96. The molecule has 2 rings (SSSR count). The van der Waals surface area contributed by atoms with Crippen LogP contribution in [0.3, 0.4) is 0 Å². The van der Waals surface area contributed by atoms with Gasteiger partial charge in [0.25, 0.3) is 0 Å². The number of hydrogen-bond donors (Lipinski definition) is 0. The fourth-order valence-corrected chi connectivity index (χ4v) is 2.69. The van der Waals surface area contributed by atoms with Crippen molar-refractivity contribution >= 4 is 26.7 Å². The number of alkyl halides is 6. The van der Waals surface area contributed by atoms with E-state index in [0.29, 0.717) is 10.8 Å². The third-order valence-electron chi connectivity index (χ3n) is 3.15. The summed E-state index contributed by atoms with van der Waals surface area (Å²) in [6, 6.07) is 9.40. The minimum absolute atomic E-state index is 0.0754. The minimum atomic E-state index is -5.60. The maximum atomic E-state index is 13.5. The molecule has 0 bridgehead atoms. The first kappa shape index (κ1) is 15.2. The van der Waals surface area contributed by atoms with E-state index in [0.717, 1.165) is 5.56 Å². The Morgan fingerprint density at radius 1 is 0.900 bits per heavy atom. The smallest absolute Gasteiger partial charge is 0.195 e. The van der Waals surface area contributed by atoms with E-state index in [1.165, 1.54) is 6.07 Å². The van der Waals surface area contributed by atoms with Crippen LogP contribution in [-0.2, 0) is 0 Å². The van der Waals surface area contributed by atoms with Crippen LogP contribution in [0.2, 0.25) is 0 Å². The van der Waals surface area contributed by atoms with Crippen LogP contribution in [0.4, 0.5) is 22.0 Å². The maximum absolute atomic E-state index is 13.5. The number of hydrogen-bond acceptors (Lipinski definition) is 0. The Labute approximate surface area is 120 Å². The Morgan fingerprint density at radius 3 is 2.00 bits per heavy atom. The van der Waals surface area contributed by atoms with Crippen LogP contribution < -0.4 is 0 Å². The van der Waals surface area contributed by atoms with Crippen LogP contribution in [0.5, 0.6) is 0 Å². The van der Waals surface area contributed by atoms with Crippen molar-refractivity contribution < 1.29 is 22.0 Å². The topological polar surface area (TPSA) is 0 Å². The molecular weight excluding hydrogens is 343 g/mol. The third-order valence-corrected chi connectivity index (χ3v) is 4.21. The number of rotatable bonds is 2. The predicted molar refractivity (Wildman–Crippen MR) is 71.4 cm³/mol. The van der Waals surface area contributed by atoms with E-state index >= 15 is 0 Å². The molecule has 0 aromatic heterocycles. The van der Waals surface area contributed by atoms with Crippen LogP contribution in [0, 0.1) is 6.92 Å². The molecule has 0 spiro atoms. The molecule has 0 amide bonds. The van der Waals surface area contributed by atoms with Crippen molar-refractivity contribution in [2.75, 3.05) is 0 Å². The van der Waals surface area contributed by atoms with Gasteiger partial charge < -0.3 is 0 Å². The van der Waals surface area contributed by atoms with Gasteiger partial charge in [0.15, 0.2) is 0 Å². The van der Waals surface area contributed by atoms with Gasteiger partial charge in [-0.25, -0.2) is 0 Å². The van der Waals surface area contributed by atoms with Crippen molar-refractivity contribution in [3.63, 3.8) is 0 Å². The van der Waals surface area contributed by atoms with Crippen molar-refractivity contribution in [2.45, 2.75) is 23.8 Å². The Balaban J connectivity index is 2.62. The molecule has 0 aliphatic rings. The molecule has 2 aromatic carbocycles. The summed E-state index contributed by atoms with van der Waals surface area (Å²) >= 11 is 2.52. The molecule has 1 atom stereocenters. The van der Waals surface area contributed by atoms with Crippen molar-refractivity contribution in [2.24, 2.45) is 0 Å². The second kappa shape index (κ2) is 4.98. The normalized spacial score (nSPS) is 14.6. The van der Waals surface area contributed by atoms with Gasteiger partial charge in [-0.05, 0) is 28.8 Å².